The zero-order valence-corrected chi connectivity index (χ0v) is 17.8. The number of carbonyl (C=O) groups is 1. The summed E-state index contributed by atoms with van der Waals surface area (Å²) < 4.78 is 0. The summed E-state index contributed by atoms with van der Waals surface area (Å²) in [6.45, 7) is 10.3. The van der Waals surface area contributed by atoms with Crippen molar-refractivity contribution in [3.63, 3.8) is 0 Å². The highest BCUT2D eigenvalue weighted by atomic mass is 35.5. The number of thiocarbonyl (C=S) groups is 1. The molecule has 0 saturated heterocycles. The van der Waals surface area contributed by atoms with Crippen LogP contribution in [-0.2, 0) is 5.41 Å². The highest BCUT2D eigenvalue weighted by Gasteiger charge is 2.42. The van der Waals surface area contributed by atoms with E-state index < -0.39 is 5.66 Å². The number of aliphatic imine (C=N–C) groups is 1. The molecular weight excluding hydrogens is 376 g/mol. The minimum absolute atomic E-state index is 0.0758. The molecule has 140 valence electrons. The number of rotatable bonds is 2. The molecule has 1 heterocycles. The van der Waals surface area contributed by atoms with Gasteiger partial charge < -0.3 is 0 Å². The third kappa shape index (κ3) is 3.83. The first kappa shape index (κ1) is 19.7. The number of hydrogen-bond donors (Lipinski definition) is 0. The van der Waals surface area contributed by atoms with Gasteiger partial charge in [-0.05, 0) is 49.1 Å². The van der Waals surface area contributed by atoms with E-state index in [9.17, 15) is 4.79 Å². The predicted octanol–water partition coefficient (Wildman–Crippen LogP) is 5.65. The van der Waals surface area contributed by atoms with Crippen LogP contribution < -0.4 is 0 Å². The number of halogens is 1. The summed E-state index contributed by atoms with van der Waals surface area (Å²) in [5, 5.41) is 0.589. The smallest absolute Gasteiger partial charge is 0.260 e. The third-order valence-corrected chi connectivity index (χ3v) is 5.28. The molecule has 5 heteroatoms. The van der Waals surface area contributed by atoms with Crippen LogP contribution >= 0.6 is 23.8 Å². The Bertz CT molecular complexity index is 922. The first-order valence-electron chi connectivity index (χ1n) is 8.86. The fourth-order valence-corrected chi connectivity index (χ4v) is 3.70. The number of carbonyl (C=O) groups excluding carboxylic acids is 1. The lowest BCUT2D eigenvalue weighted by molar-refractivity contribution is 0.0758. The zero-order chi connectivity index (χ0) is 20.0. The van der Waals surface area contributed by atoms with Gasteiger partial charge in [0.1, 0.15) is 16.4 Å². The van der Waals surface area contributed by atoms with Crippen LogP contribution in [0.4, 0.5) is 0 Å². The molecule has 1 aliphatic rings. The largest absolute Gasteiger partial charge is 0.272 e. The van der Waals surface area contributed by atoms with Crippen LogP contribution in [0.25, 0.3) is 0 Å². The van der Waals surface area contributed by atoms with Gasteiger partial charge >= 0.3 is 0 Å². The molecule has 0 aromatic heterocycles. The van der Waals surface area contributed by atoms with E-state index >= 15 is 0 Å². The topological polar surface area (TPSA) is 32.7 Å². The van der Waals surface area contributed by atoms with E-state index in [0.29, 0.717) is 21.3 Å². The second-order valence-electron chi connectivity index (χ2n) is 8.23. The Kier molecular flexibility index (Phi) is 5.00. The molecule has 1 amide bonds. The lowest BCUT2D eigenvalue weighted by Gasteiger charge is -2.29. The SMILES string of the molecule is CC(C)(C)c1ccc(C2=NC(C)(C)N(C(=O)c3ccc(Cl)cc3)C2=S)cc1. The van der Waals surface area contributed by atoms with Crippen LogP contribution in [0.2, 0.25) is 5.02 Å². The molecule has 0 spiro atoms. The molecule has 0 fully saturated rings. The van der Waals surface area contributed by atoms with Crippen LogP contribution in [0.1, 0.15) is 56.1 Å². The normalized spacial score (nSPS) is 16.4. The summed E-state index contributed by atoms with van der Waals surface area (Å²) in [4.78, 5) is 19.9. The van der Waals surface area contributed by atoms with Gasteiger partial charge in [0, 0.05) is 16.1 Å². The van der Waals surface area contributed by atoms with Gasteiger partial charge in [-0.3, -0.25) is 14.7 Å². The Labute approximate surface area is 171 Å². The molecule has 3 rings (SSSR count). The van der Waals surface area contributed by atoms with Crippen LogP contribution in [-0.4, -0.2) is 27.2 Å². The van der Waals surface area contributed by atoms with E-state index in [2.05, 4.69) is 32.9 Å². The van der Waals surface area contributed by atoms with Crippen molar-refractivity contribution in [1.82, 2.24) is 4.90 Å². The molecule has 0 radical (unpaired) electrons. The summed E-state index contributed by atoms with van der Waals surface area (Å²) in [6.07, 6.45) is 0. The van der Waals surface area contributed by atoms with Crippen LogP contribution in [0.15, 0.2) is 53.5 Å². The predicted molar refractivity (Wildman–Crippen MR) is 116 cm³/mol. The first-order chi connectivity index (χ1) is 12.5. The van der Waals surface area contributed by atoms with E-state index in [1.165, 1.54) is 5.56 Å². The van der Waals surface area contributed by atoms with Crippen LogP contribution in [0, 0.1) is 0 Å². The first-order valence-corrected chi connectivity index (χ1v) is 9.64. The van der Waals surface area contributed by atoms with Crippen molar-refractivity contribution in [2.75, 3.05) is 0 Å². The number of benzene rings is 2. The van der Waals surface area contributed by atoms with Crippen molar-refractivity contribution < 1.29 is 4.79 Å². The number of amides is 1. The Morgan fingerprint density at radius 3 is 2.11 bits per heavy atom. The molecule has 2 aromatic rings. The van der Waals surface area contributed by atoms with Crippen LogP contribution in [0.3, 0.4) is 0 Å². The summed E-state index contributed by atoms with van der Waals surface area (Å²) in [7, 11) is 0. The van der Waals surface area contributed by atoms with Crippen molar-refractivity contribution in [3.8, 4) is 0 Å². The molecule has 3 nitrogen and oxygen atoms in total. The van der Waals surface area contributed by atoms with Gasteiger partial charge in [-0.1, -0.05) is 68.9 Å². The van der Waals surface area contributed by atoms with Gasteiger partial charge in [0.25, 0.3) is 5.91 Å². The van der Waals surface area contributed by atoms with Gasteiger partial charge in [0.15, 0.2) is 0 Å². The van der Waals surface area contributed by atoms with E-state index in [1.807, 2.05) is 26.0 Å². The number of nitrogens with zero attached hydrogens (tertiary/aromatic N) is 2. The fourth-order valence-electron chi connectivity index (χ4n) is 3.10. The maximum Gasteiger partial charge on any atom is 0.260 e. The molecule has 0 atom stereocenters. The van der Waals surface area contributed by atoms with E-state index in [0.717, 1.165) is 5.56 Å². The molecular formula is C22H23ClN2OS. The molecule has 27 heavy (non-hydrogen) atoms. The highest BCUT2D eigenvalue weighted by molar-refractivity contribution is 7.82. The third-order valence-electron chi connectivity index (χ3n) is 4.66. The van der Waals surface area contributed by atoms with Crippen molar-refractivity contribution >= 4 is 40.4 Å². The molecule has 0 saturated carbocycles. The second-order valence-corrected chi connectivity index (χ2v) is 9.06. The van der Waals surface area contributed by atoms with E-state index in [1.54, 1.807) is 29.2 Å². The Morgan fingerprint density at radius 1 is 1.04 bits per heavy atom. The van der Waals surface area contributed by atoms with Gasteiger partial charge in [0.05, 0.1) is 0 Å². The van der Waals surface area contributed by atoms with Crippen molar-refractivity contribution in [1.29, 1.82) is 0 Å². The monoisotopic (exact) mass is 398 g/mol. The summed E-state index contributed by atoms with van der Waals surface area (Å²) >= 11 is 11.6. The van der Waals surface area contributed by atoms with Gasteiger partial charge in [0.2, 0.25) is 0 Å². The molecule has 2 aromatic carbocycles. The second kappa shape index (κ2) is 6.84. The van der Waals surface area contributed by atoms with Crippen LogP contribution in [0.5, 0.6) is 0 Å². The molecule has 1 aliphatic heterocycles. The highest BCUT2D eigenvalue weighted by Crippen LogP contribution is 2.30. The van der Waals surface area contributed by atoms with Crippen molar-refractivity contribution in [2.45, 2.75) is 45.7 Å². The van der Waals surface area contributed by atoms with Crippen molar-refractivity contribution in [3.05, 3.63) is 70.2 Å². The lowest BCUT2D eigenvalue weighted by atomic mass is 9.86. The standard InChI is InChI=1S/C22H23ClN2OS/c1-21(2,3)16-10-6-14(7-11-16)18-20(27)25(22(4,5)24-18)19(26)15-8-12-17(23)13-9-15/h6-13H,1-5H3. The Hall–Kier alpha value is -2.04. The fraction of sp³-hybridized carbons (Fsp3) is 0.318. The minimum atomic E-state index is -0.744. The van der Waals surface area contributed by atoms with E-state index in [-0.39, 0.29) is 11.3 Å². The lowest BCUT2D eigenvalue weighted by Crippen LogP contribution is -2.46. The maximum atomic E-state index is 13.1. The van der Waals surface area contributed by atoms with Gasteiger partial charge in [-0.15, -0.1) is 0 Å². The summed E-state index contributed by atoms with van der Waals surface area (Å²) in [5.41, 5.74) is 2.71. The number of hydrogen-bond acceptors (Lipinski definition) is 3. The minimum Gasteiger partial charge on any atom is -0.272 e. The Balaban J connectivity index is 1.93. The molecule has 0 aliphatic carbocycles. The van der Waals surface area contributed by atoms with Gasteiger partial charge in [-0.2, -0.15) is 0 Å². The average molecular weight is 399 g/mol. The molecule has 0 unspecified atom stereocenters. The maximum absolute atomic E-state index is 13.1. The summed E-state index contributed by atoms with van der Waals surface area (Å²) in [6, 6.07) is 15.1. The molecule has 0 N–H and O–H groups in total. The van der Waals surface area contributed by atoms with Crippen molar-refractivity contribution in [2.24, 2.45) is 4.99 Å². The Morgan fingerprint density at radius 2 is 1.59 bits per heavy atom. The summed E-state index contributed by atoms with van der Waals surface area (Å²) in [5.74, 6) is -0.174. The molecule has 0 bridgehead atoms. The van der Waals surface area contributed by atoms with Gasteiger partial charge in [-0.25, -0.2) is 0 Å². The zero-order valence-electron chi connectivity index (χ0n) is 16.2. The average Bonchev–Trinajstić information content (AvgIpc) is 2.83. The van der Waals surface area contributed by atoms with E-state index in [4.69, 9.17) is 28.8 Å². The quantitative estimate of drug-likeness (QED) is 0.612.